The fourth-order valence-corrected chi connectivity index (χ4v) is 4.09. The first-order valence-electron chi connectivity index (χ1n) is 10.9. The zero-order chi connectivity index (χ0) is 23.6. The molecule has 174 valence electrons. The fourth-order valence-electron chi connectivity index (χ4n) is 4.09. The molecule has 2 heterocycles. The maximum atomic E-state index is 12.8. The molecule has 1 aromatic heterocycles. The molecule has 3 aromatic rings. The van der Waals surface area contributed by atoms with Gasteiger partial charge in [0.05, 0.1) is 11.6 Å². The summed E-state index contributed by atoms with van der Waals surface area (Å²) in [6, 6.07) is 12.4. The van der Waals surface area contributed by atoms with Crippen molar-refractivity contribution >= 4 is 5.91 Å². The Balaban J connectivity index is 1.40. The molecule has 0 fully saturated rings. The van der Waals surface area contributed by atoms with Crippen molar-refractivity contribution in [3.63, 3.8) is 0 Å². The molecule has 1 unspecified atom stereocenters. The minimum atomic E-state index is -4.33. The average Bonchev–Trinajstić information content (AvgIpc) is 3.08. The van der Waals surface area contributed by atoms with Gasteiger partial charge in [0.15, 0.2) is 5.82 Å². The lowest BCUT2D eigenvalue weighted by molar-refractivity contribution is -0.137. The number of amides is 1. The number of halogens is 3. The Kier molecular flexibility index (Phi) is 6.51. The number of benzene rings is 2. The first-order valence-corrected chi connectivity index (χ1v) is 10.9. The summed E-state index contributed by atoms with van der Waals surface area (Å²) in [7, 11) is 0. The summed E-state index contributed by atoms with van der Waals surface area (Å²) in [6.45, 7) is 6.42. The summed E-state index contributed by atoms with van der Waals surface area (Å²) < 4.78 is 40.4. The predicted octanol–water partition coefficient (Wildman–Crippen LogP) is 4.15. The molecule has 9 heteroatoms. The molecular weight excluding hydrogens is 431 g/mol. The molecule has 1 atom stereocenters. The van der Waals surface area contributed by atoms with E-state index in [0.29, 0.717) is 37.4 Å². The lowest BCUT2D eigenvalue weighted by Crippen LogP contribution is -2.30. The molecule has 0 bridgehead atoms. The van der Waals surface area contributed by atoms with E-state index in [2.05, 4.69) is 20.4 Å². The molecule has 4 rings (SSSR count). The van der Waals surface area contributed by atoms with Crippen molar-refractivity contribution in [3.8, 4) is 0 Å². The van der Waals surface area contributed by atoms with Crippen LogP contribution in [-0.4, -0.2) is 38.7 Å². The van der Waals surface area contributed by atoms with Crippen LogP contribution in [0.5, 0.6) is 0 Å². The van der Waals surface area contributed by atoms with Gasteiger partial charge in [0.2, 0.25) is 0 Å². The molecule has 0 saturated carbocycles. The quantitative estimate of drug-likeness (QED) is 0.625. The molecular formula is C24H26F3N5O. The molecule has 0 spiro atoms. The van der Waals surface area contributed by atoms with Crippen molar-refractivity contribution in [2.75, 3.05) is 13.1 Å². The van der Waals surface area contributed by atoms with Crippen LogP contribution in [-0.2, 0) is 25.7 Å². The van der Waals surface area contributed by atoms with Gasteiger partial charge in [-0.1, -0.05) is 30.3 Å². The van der Waals surface area contributed by atoms with Crippen LogP contribution in [0.3, 0.4) is 0 Å². The Labute approximate surface area is 190 Å². The first-order chi connectivity index (χ1) is 15.7. The van der Waals surface area contributed by atoms with Crippen LogP contribution in [0.4, 0.5) is 13.2 Å². The van der Waals surface area contributed by atoms with Crippen LogP contribution in [0.1, 0.15) is 51.7 Å². The van der Waals surface area contributed by atoms with E-state index in [4.69, 9.17) is 0 Å². The highest BCUT2D eigenvalue weighted by Gasteiger charge is 2.30. The van der Waals surface area contributed by atoms with E-state index in [1.165, 1.54) is 12.1 Å². The summed E-state index contributed by atoms with van der Waals surface area (Å²) >= 11 is 0. The normalized spacial score (nSPS) is 15.5. The van der Waals surface area contributed by atoms with E-state index in [0.717, 1.165) is 35.6 Å². The third-order valence-electron chi connectivity index (χ3n) is 5.96. The Bertz CT molecular complexity index is 1120. The summed E-state index contributed by atoms with van der Waals surface area (Å²) in [5.41, 5.74) is 1.73. The van der Waals surface area contributed by atoms with Crippen molar-refractivity contribution in [2.45, 2.75) is 45.6 Å². The maximum absolute atomic E-state index is 12.8. The fraction of sp³-hybridized carbons (Fsp3) is 0.375. The van der Waals surface area contributed by atoms with Crippen LogP contribution in [0.2, 0.25) is 0 Å². The van der Waals surface area contributed by atoms with Crippen molar-refractivity contribution < 1.29 is 18.0 Å². The van der Waals surface area contributed by atoms with Crippen molar-refractivity contribution in [2.24, 2.45) is 0 Å². The summed E-state index contributed by atoms with van der Waals surface area (Å²) in [4.78, 5) is 14.9. The highest BCUT2D eigenvalue weighted by atomic mass is 19.4. The number of aryl methyl sites for hydroxylation is 1. The molecule has 6 nitrogen and oxygen atoms in total. The second kappa shape index (κ2) is 9.35. The van der Waals surface area contributed by atoms with Crippen molar-refractivity contribution in [1.82, 2.24) is 25.0 Å². The van der Waals surface area contributed by atoms with Gasteiger partial charge in [-0.3, -0.25) is 9.69 Å². The minimum Gasteiger partial charge on any atom is -0.342 e. The van der Waals surface area contributed by atoms with Crippen molar-refractivity contribution in [1.29, 1.82) is 0 Å². The zero-order valence-corrected chi connectivity index (χ0v) is 18.6. The second-order valence-corrected chi connectivity index (χ2v) is 8.36. The average molecular weight is 458 g/mol. The van der Waals surface area contributed by atoms with Gasteiger partial charge in [-0.25, -0.2) is 0 Å². The summed E-state index contributed by atoms with van der Waals surface area (Å²) in [5.74, 6) is 1.38. The lowest BCUT2D eigenvalue weighted by Gasteiger charge is -2.20. The maximum Gasteiger partial charge on any atom is 0.416 e. The highest BCUT2D eigenvalue weighted by Crippen LogP contribution is 2.29. The largest absolute Gasteiger partial charge is 0.416 e. The number of fused-ring (bicyclic) bond motifs is 1. The molecule has 1 amide bonds. The standard InChI is InChI=1S/C24H26F3N5O/c1-16-5-3-4-6-20(16)23(33)28-17(2)22-30-29-21-11-12-31(13-14-32(21)22)15-18-7-9-19(10-8-18)24(25,26)27/h3-10,17H,11-15H2,1-2H3,(H,28,33). The van der Waals surface area contributed by atoms with E-state index in [9.17, 15) is 18.0 Å². The van der Waals surface area contributed by atoms with Gasteiger partial charge in [-0.2, -0.15) is 13.2 Å². The van der Waals surface area contributed by atoms with E-state index < -0.39 is 11.7 Å². The van der Waals surface area contributed by atoms with E-state index >= 15 is 0 Å². The van der Waals surface area contributed by atoms with E-state index in [-0.39, 0.29) is 11.9 Å². The number of rotatable bonds is 5. The third-order valence-corrected chi connectivity index (χ3v) is 5.96. The van der Waals surface area contributed by atoms with E-state index in [1.807, 2.05) is 36.6 Å². The van der Waals surface area contributed by atoms with Gasteiger partial charge in [-0.05, 0) is 43.2 Å². The van der Waals surface area contributed by atoms with Gasteiger partial charge in [0.1, 0.15) is 5.82 Å². The van der Waals surface area contributed by atoms with Gasteiger partial charge >= 0.3 is 6.18 Å². The number of aromatic nitrogens is 3. The molecule has 33 heavy (non-hydrogen) atoms. The first kappa shape index (κ1) is 23.0. The van der Waals surface area contributed by atoms with Gasteiger partial charge < -0.3 is 9.88 Å². The number of carbonyl (C=O) groups excluding carboxylic acids is 1. The Morgan fingerprint density at radius 1 is 1.06 bits per heavy atom. The van der Waals surface area contributed by atoms with Crippen molar-refractivity contribution in [3.05, 3.63) is 82.4 Å². The molecule has 1 aliphatic rings. The SMILES string of the molecule is Cc1ccccc1C(=O)NC(C)c1nnc2n1CCN(Cc1ccc(C(F)(F)F)cc1)CC2. The molecule has 1 aliphatic heterocycles. The van der Waals surface area contributed by atoms with Gasteiger partial charge in [0.25, 0.3) is 5.91 Å². The summed E-state index contributed by atoms with van der Waals surface area (Å²) in [5, 5.41) is 11.7. The Hall–Kier alpha value is -3.20. The van der Waals surface area contributed by atoms with Gasteiger partial charge in [0, 0.05) is 38.2 Å². The molecule has 2 aromatic carbocycles. The molecule has 0 saturated heterocycles. The number of hydrogen-bond donors (Lipinski definition) is 1. The summed E-state index contributed by atoms with van der Waals surface area (Å²) in [6.07, 6.45) is -3.66. The number of nitrogens with one attached hydrogen (secondary N) is 1. The minimum absolute atomic E-state index is 0.157. The lowest BCUT2D eigenvalue weighted by atomic mass is 10.1. The van der Waals surface area contributed by atoms with Gasteiger partial charge in [-0.15, -0.1) is 10.2 Å². The topological polar surface area (TPSA) is 63.1 Å². The molecule has 0 aliphatic carbocycles. The Morgan fingerprint density at radius 2 is 1.79 bits per heavy atom. The van der Waals surface area contributed by atoms with Crippen LogP contribution in [0.15, 0.2) is 48.5 Å². The van der Waals surface area contributed by atoms with Crippen LogP contribution in [0.25, 0.3) is 0 Å². The highest BCUT2D eigenvalue weighted by molar-refractivity contribution is 5.95. The predicted molar refractivity (Wildman–Crippen MR) is 118 cm³/mol. The third kappa shape index (κ3) is 5.24. The van der Waals surface area contributed by atoms with Crippen LogP contribution < -0.4 is 5.32 Å². The molecule has 1 N–H and O–H groups in total. The number of nitrogens with zero attached hydrogens (tertiary/aromatic N) is 4. The second-order valence-electron chi connectivity index (χ2n) is 8.36. The monoisotopic (exact) mass is 457 g/mol. The molecule has 0 radical (unpaired) electrons. The van der Waals surface area contributed by atoms with E-state index in [1.54, 1.807) is 6.07 Å². The number of hydrogen-bond acceptors (Lipinski definition) is 4. The number of carbonyl (C=O) groups is 1. The smallest absolute Gasteiger partial charge is 0.342 e. The number of alkyl halides is 3. The van der Waals surface area contributed by atoms with Crippen LogP contribution in [0, 0.1) is 6.92 Å². The zero-order valence-electron chi connectivity index (χ0n) is 18.6. The Morgan fingerprint density at radius 3 is 2.48 bits per heavy atom. The van der Waals surface area contributed by atoms with Crippen LogP contribution >= 0.6 is 0 Å².